The normalized spacial score (nSPS) is 11.8. The molecule has 0 fully saturated rings. The van der Waals surface area contributed by atoms with Crippen molar-refractivity contribution in [1.82, 2.24) is 0 Å². The number of phenolic OH excluding ortho intramolecular Hbond substituents is 2. The molecule has 0 saturated heterocycles. The monoisotopic (exact) mass is 943 g/mol. The summed E-state index contributed by atoms with van der Waals surface area (Å²) in [5, 5.41) is 61.3. The van der Waals surface area contributed by atoms with E-state index in [-0.39, 0.29) is 144 Å². The SMILES string of the molecule is Cc1cc(C(O)=Nc2ccc3c(O)c(N=Nc4ccccc4C(=O)O)c(S(=O)(=O)O)cc3c2)ccc1N=Nc1c(S(=O)(=O)O)cc2cc(NC(=O)c3ccccc3)ccc2c1O.[Na].[Na].[Na]. The van der Waals surface area contributed by atoms with Crippen LogP contribution in [-0.4, -0.2) is 153 Å². The van der Waals surface area contributed by atoms with E-state index in [1.165, 1.54) is 78.9 Å². The Balaban J connectivity index is 0.00000308. The van der Waals surface area contributed by atoms with Gasteiger partial charge in [-0.05, 0) is 114 Å². The van der Waals surface area contributed by atoms with E-state index in [1.54, 1.807) is 37.3 Å². The van der Waals surface area contributed by atoms with E-state index in [4.69, 9.17) is 0 Å². The third-order valence-corrected chi connectivity index (χ3v) is 11.0. The predicted octanol–water partition coefficient (Wildman–Crippen LogP) is 8.48. The van der Waals surface area contributed by atoms with Gasteiger partial charge in [0.2, 0.25) is 5.90 Å². The van der Waals surface area contributed by atoms with E-state index in [0.29, 0.717) is 11.1 Å². The minimum Gasteiger partial charge on any atom is -0.505 e. The Morgan fingerprint density at radius 3 is 1.68 bits per heavy atom. The summed E-state index contributed by atoms with van der Waals surface area (Å²) in [6.07, 6.45) is 0. The molecule has 0 saturated carbocycles. The number of aromatic carboxylic acids is 1. The van der Waals surface area contributed by atoms with Crippen LogP contribution in [0.3, 0.4) is 0 Å². The first-order valence-corrected chi connectivity index (χ1v) is 20.7. The second-order valence-corrected chi connectivity index (χ2v) is 16.2. The number of carboxylic acid groups (broad SMARTS) is 1. The van der Waals surface area contributed by atoms with Crippen LogP contribution in [0.15, 0.2) is 157 Å². The molecule has 7 N–H and O–H groups in total. The largest absolute Gasteiger partial charge is 0.505 e. The molecule has 0 atom stereocenters. The molecule has 7 aromatic rings. The van der Waals surface area contributed by atoms with Gasteiger partial charge in [0.15, 0.2) is 11.5 Å². The summed E-state index contributed by atoms with van der Waals surface area (Å²) in [5.74, 6) is -3.59. The van der Waals surface area contributed by atoms with Crippen molar-refractivity contribution < 1.29 is 56.0 Å². The zero-order valence-electron chi connectivity index (χ0n) is 34.7. The number of anilines is 1. The van der Waals surface area contributed by atoms with Gasteiger partial charge in [-0.1, -0.05) is 30.3 Å². The summed E-state index contributed by atoms with van der Waals surface area (Å²) in [6, 6.07) is 28.5. The standard InChI is InChI=1S/C42H30N6O12S2.3Na/c1-22-17-24(41(52)44-28-13-15-30-26(19-28)21-35(62(58,59)60)37(39(30)50)48-46-33-10-6-5-9-31(33)42(53)54)11-16-32(22)45-47-36-34(61(55,56)57)20-25-18-27(12-14-29(25)38(36)49)43-40(51)23-7-3-2-4-8-23;;;/h2-21,49-50H,1H3,(H,43,51)(H,44,52)(H,53,54)(H,55,56,57)(H,58,59,60);;;. The van der Waals surface area contributed by atoms with Gasteiger partial charge in [-0.15, -0.1) is 15.3 Å². The summed E-state index contributed by atoms with van der Waals surface area (Å²) in [6.45, 7) is 1.59. The molecule has 23 heteroatoms. The molecule has 0 aliphatic heterocycles. The van der Waals surface area contributed by atoms with Crippen molar-refractivity contribution in [2.45, 2.75) is 16.7 Å². The number of aryl methyl sites for hydroxylation is 1. The second-order valence-electron chi connectivity index (χ2n) is 13.4. The van der Waals surface area contributed by atoms with Crippen molar-refractivity contribution in [3.05, 3.63) is 144 Å². The molecule has 0 heterocycles. The Bertz CT molecular complexity index is 3340. The molecule has 7 aromatic carbocycles. The summed E-state index contributed by atoms with van der Waals surface area (Å²) in [7, 11) is -9.99. The second kappa shape index (κ2) is 21.6. The van der Waals surface area contributed by atoms with Gasteiger partial charge in [-0.2, -0.15) is 21.9 Å². The molecule has 0 bridgehead atoms. The van der Waals surface area contributed by atoms with Gasteiger partial charge in [-0.25, -0.2) is 9.79 Å². The van der Waals surface area contributed by atoms with Gasteiger partial charge < -0.3 is 25.7 Å². The fourth-order valence-corrected chi connectivity index (χ4v) is 7.58. The minimum atomic E-state index is -5.02. The summed E-state index contributed by atoms with van der Waals surface area (Å²) >= 11 is 0. The Labute approximate surface area is 436 Å². The van der Waals surface area contributed by atoms with E-state index >= 15 is 0 Å². The van der Waals surface area contributed by atoms with Crippen LogP contribution < -0.4 is 5.32 Å². The average Bonchev–Trinajstić information content (AvgIpc) is 3.22. The van der Waals surface area contributed by atoms with Gasteiger partial charge in [0.25, 0.3) is 26.1 Å². The fourth-order valence-electron chi connectivity index (χ4n) is 6.26. The van der Waals surface area contributed by atoms with E-state index < -0.39 is 70.7 Å². The van der Waals surface area contributed by atoms with Crippen molar-refractivity contribution >= 4 is 182 Å². The van der Waals surface area contributed by atoms with E-state index in [1.807, 2.05) is 0 Å². The molecule has 315 valence electrons. The molecule has 0 spiro atoms. The number of carbonyl (C=O) groups excluding carboxylic acids is 1. The zero-order valence-corrected chi connectivity index (χ0v) is 42.4. The van der Waals surface area contributed by atoms with Crippen molar-refractivity contribution in [3.8, 4) is 11.5 Å². The minimum absolute atomic E-state index is 0. The van der Waals surface area contributed by atoms with Crippen LogP contribution in [0.1, 0.15) is 31.8 Å². The number of nitrogens with zero attached hydrogens (tertiary/aromatic N) is 5. The molecule has 0 aliphatic rings. The maximum Gasteiger partial charge on any atom is 0.337 e. The number of nitrogens with one attached hydrogen (secondary N) is 1. The number of amides is 1. The first-order chi connectivity index (χ1) is 29.4. The van der Waals surface area contributed by atoms with Gasteiger partial charge in [0.1, 0.15) is 26.9 Å². The summed E-state index contributed by atoms with van der Waals surface area (Å²) in [4.78, 5) is 26.8. The van der Waals surface area contributed by atoms with Crippen molar-refractivity contribution in [2.24, 2.45) is 25.4 Å². The van der Waals surface area contributed by atoms with Crippen molar-refractivity contribution in [1.29, 1.82) is 0 Å². The van der Waals surface area contributed by atoms with Gasteiger partial charge in [-0.3, -0.25) is 13.9 Å². The molecule has 65 heavy (non-hydrogen) atoms. The van der Waals surface area contributed by atoms with Crippen LogP contribution in [0.4, 0.5) is 34.1 Å². The zero-order chi connectivity index (χ0) is 44.5. The fraction of sp³-hybridized carbons (Fsp3) is 0.0238. The van der Waals surface area contributed by atoms with Crippen LogP contribution in [0, 0.1) is 6.92 Å². The Kier molecular flexibility index (Phi) is 17.5. The number of benzene rings is 7. The predicted molar refractivity (Wildman–Crippen MR) is 244 cm³/mol. The third kappa shape index (κ3) is 11.9. The Morgan fingerprint density at radius 2 is 1.11 bits per heavy atom. The smallest absolute Gasteiger partial charge is 0.337 e. The number of aromatic hydroxyl groups is 2. The van der Waals surface area contributed by atoms with E-state index in [9.17, 15) is 56.0 Å². The third-order valence-electron chi connectivity index (χ3n) is 9.28. The maximum absolute atomic E-state index is 12.7. The molecule has 0 aliphatic carbocycles. The number of aliphatic imine (C=N–C) groups is 1. The molecule has 0 unspecified atom stereocenters. The molecular formula is C42H30N6Na3O12S2. The maximum atomic E-state index is 12.7. The van der Waals surface area contributed by atoms with Crippen LogP contribution in [0.2, 0.25) is 0 Å². The van der Waals surface area contributed by atoms with Gasteiger partial charge in [0.05, 0.1) is 16.9 Å². The summed E-state index contributed by atoms with van der Waals surface area (Å²) < 4.78 is 69.8. The number of phenols is 2. The van der Waals surface area contributed by atoms with Crippen LogP contribution in [0.25, 0.3) is 21.5 Å². The average molecular weight is 944 g/mol. The number of aliphatic hydroxyl groups is 1. The van der Waals surface area contributed by atoms with E-state index in [0.717, 1.165) is 12.1 Å². The number of fused-ring (bicyclic) bond motifs is 2. The molecule has 7 rings (SSSR count). The van der Waals surface area contributed by atoms with Crippen molar-refractivity contribution in [2.75, 3.05) is 5.32 Å². The first-order valence-electron chi connectivity index (χ1n) is 17.8. The number of hydrogen-bond donors (Lipinski definition) is 7. The molecule has 0 aromatic heterocycles. The van der Waals surface area contributed by atoms with Gasteiger partial charge >= 0.3 is 5.97 Å². The Morgan fingerprint density at radius 1 is 0.569 bits per heavy atom. The topological polar surface area (TPSA) is 298 Å². The van der Waals surface area contributed by atoms with Crippen molar-refractivity contribution in [3.63, 3.8) is 0 Å². The molecule has 1 amide bonds. The van der Waals surface area contributed by atoms with Gasteiger partial charge in [0, 0.05) is 116 Å². The number of carboxylic acids is 1. The molecule has 18 nitrogen and oxygen atoms in total. The number of aliphatic hydroxyl groups excluding tert-OH is 1. The van der Waals surface area contributed by atoms with Crippen LogP contribution >= 0.6 is 0 Å². The van der Waals surface area contributed by atoms with E-state index in [2.05, 4.69) is 30.8 Å². The number of carbonyl (C=O) groups is 2. The van der Waals surface area contributed by atoms with Crippen LogP contribution in [-0.2, 0) is 20.2 Å². The Hall–Kier alpha value is -4.91. The number of azo groups is 2. The quantitative estimate of drug-likeness (QED) is 0.0211. The number of rotatable bonds is 11. The molecular weight excluding hydrogens is 914 g/mol. The molecule has 3 radical (unpaired) electrons. The number of hydrogen-bond acceptors (Lipinski definition) is 13. The summed E-state index contributed by atoms with van der Waals surface area (Å²) in [5.41, 5.74) is -0.138. The first kappa shape index (κ1) is 52.7. The van der Waals surface area contributed by atoms with Crippen LogP contribution in [0.5, 0.6) is 11.5 Å².